The molecule has 0 aromatic heterocycles. The number of hydrogen-bond donors (Lipinski definition) is 2. The van der Waals surface area contributed by atoms with Crippen LogP contribution in [0.5, 0.6) is 0 Å². The molecule has 0 heterocycles. The van der Waals surface area contributed by atoms with Gasteiger partial charge in [-0.3, -0.25) is 4.79 Å². The van der Waals surface area contributed by atoms with Crippen LogP contribution in [0.2, 0.25) is 0 Å². The number of hydrogen-bond acceptors (Lipinski definition) is 3. The van der Waals surface area contributed by atoms with Crippen LogP contribution in [-0.2, 0) is 16.0 Å². The fourth-order valence-corrected chi connectivity index (χ4v) is 2.13. The highest BCUT2D eigenvalue weighted by Gasteiger charge is 2.31. The van der Waals surface area contributed by atoms with E-state index in [9.17, 15) is 14.3 Å². The fourth-order valence-electron chi connectivity index (χ4n) is 1.79. The number of benzene rings is 1. The Bertz CT molecular complexity index is 479. The van der Waals surface area contributed by atoms with Gasteiger partial charge in [-0.15, -0.1) is 0 Å². The second kappa shape index (κ2) is 7.15. The van der Waals surface area contributed by atoms with E-state index in [0.29, 0.717) is 16.5 Å². The molecule has 0 aliphatic heterocycles. The van der Waals surface area contributed by atoms with E-state index in [0.717, 1.165) is 0 Å². The molecule has 0 saturated heterocycles. The molecule has 112 valence electrons. The number of ether oxygens (including phenoxy) is 1. The Kier molecular flexibility index (Phi) is 6.10. The molecule has 0 aliphatic carbocycles. The average molecular weight is 348 g/mol. The van der Waals surface area contributed by atoms with E-state index in [4.69, 9.17) is 4.74 Å². The quantitative estimate of drug-likeness (QED) is 0.827. The molecule has 4 nitrogen and oxygen atoms in total. The third-order valence-corrected chi connectivity index (χ3v) is 3.33. The predicted molar refractivity (Wildman–Crippen MR) is 77.9 cm³/mol. The van der Waals surface area contributed by atoms with E-state index in [1.807, 2.05) is 0 Å². The minimum Gasteiger partial charge on any atom is -0.381 e. The second-order valence-electron chi connectivity index (χ2n) is 5.02. The minimum absolute atomic E-state index is 0.0990. The lowest BCUT2D eigenvalue weighted by Crippen LogP contribution is -2.50. The van der Waals surface area contributed by atoms with Gasteiger partial charge in [-0.05, 0) is 38.0 Å². The lowest BCUT2D eigenvalue weighted by atomic mass is 10.0. The summed E-state index contributed by atoms with van der Waals surface area (Å²) in [6.07, 6.45) is 0.341. The molecule has 1 aromatic carbocycles. The first kappa shape index (κ1) is 17.1. The van der Waals surface area contributed by atoms with Gasteiger partial charge in [-0.25, -0.2) is 4.39 Å². The molecule has 0 radical (unpaired) electrons. The van der Waals surface area contributed by atoms with Gasteiger partial charge in [0.2, 0.25) is 0 Å². The maximum Gasteiger partial charge on any atom is 0.254 e. The fraction of sp³-hybridized carbons (Fsp3) is 0.500. The molecule has 1 amide bonds. The number of carbonyl (C=O) groups excluding carboxylic acids is 1. The van der Waals surface area contributed by atoms with Crippen molar-refractivity contribution in [3.8, 4) is 0 Å². The molecule has 0 fully saturated rings. The predicted octanol–water partition coefficient (Wildman–Crippen LogP) is 2.03. The molecule has 2 atom stereocenters. The van der Waals surface area contributed by atoms with E-state index in [2.05, 4.69) is 21.2 Å². The van der Waals surface area contributed by atoms with Gasteiger partial charge in [0, 0.05) is 17.6 Å². The van der Waals surface area contributed by atoms with Crippen molar-refractivity contribution in [2.75, 3.05) is 13.7 Å². The molecule has 1 rings (SSSR count). The summed E-state index contributed by atoms with van der Waals surface area (Å²) in [6, 6.07) is 4.48. The second-order valence-corrected chi connectivity index (χ2v) is 5.94. The molecule has 0 unspecified atom stereocenters. The summed E-state index contributed by atoms with van der Waals surface area (Å²) in [5, 5.41) is 12.5. The Balaban J connectivity index is 2.63. The first-order valence-corrected chi connectivity index (χ1v) is 7.02. The largest absolute Gasteiger partial charge is 0.381 e. The number of methoxy groups -OCH3 is 1. The molecule has 0 aliphatic rings. The molecule has 20 heavy (non-hydrogen) atoms. The van der Waals surface area contributed by atoms with Gasteiger partial charge in [-0.2, -0.15) is 0 Å². The molecule has 0 bridgehead atoms. The molecular weight excluding hydrogens is 329 g/mol. The van der Waals surface area contributed by atoms with Crippen LogP contribution < -0.4 is 5.32 Å². The van der Waals surface area contributed by atoms with E-state index in [1.165, 1.54) is 20.1 Å². The van der Waals surface area contributed by atoms with Gasteiger partial charge in [0.25, 0.3) is 5.91 Å². The Hall–Kier alpha value is -0.980. The zero-order valence-corrected chi connectivity index (χ0v) is 13.3. The summed E-state index contributed by atoms with van der Waals surface area (Å²) in [7, 11) is 1.41. The van der Waals surface area contributed by atoms with Gasteiger partial charge in [-0.1, -0.05) is 22.0 Å². The SMILES string of the molecule is COC[C@](C)(O)C(=O)N[C@@H](C)Cc1ccc(Br)cc1F. The van der Waals surface area contributed by atoms with Crippen LogP contribution in [0.3, 0.4) is 0 Å². The minimum atomic E-state index is -1.60. The van der Waals surface area contributed by atoms with E-state index in [-0.39, 0.29) is 18.5 Å². The van der Waals surface area contributed by atoms with E-state index in [1.54, 1.807) is 19.1 Å². The van der Waals surface area contributed by atoms with Crippen LogP contribution in [0, 0.1) is 5.82 Å². The van der Waals surface area contributed by atoms with Crippen LogP contribution in [-0.4, -0.2) is 36.4 Å². The summed E-state index contributed by atoms with van der Waals surface area (Å²) < 4.78 is 19.1. The normalized spacial score (nSPS) is 15.5. The molecule has 0 spiro atoms. The summed E-state index contributed by atoms with van der Waals surface area (Å²) in [5.41, 5.74) is -1.09. The van der Waals surface area contributed by atoms with Crippen LogP contribution in [0.15, 0.2) is 22.7 Å². The topological polar surface area (TPSA) is 58.6 Å². The maximum atomic E-state index is 13.7. The Morgan fingerprint density at radius 1 is 1.60 bits per heavy atom. The van der Waals surface area contributed by atoms with Gasteiger partial charge in [0.05, 0.1) is 6.61 Å². The monoisotopic (exact) mass is 347 g/mol. The highest BCUT2D eigenvalue weighted by atomic mass is 79.9. The molecule has 6 heteroatoms. The van der Waals surface area contributed by atoms with Crippen molar-refractivity contribution >= 4 is 21.8 Å². The lowest BCUT2D eigenvalue weighted by Gasteiger charge is -2.24. The third kappa shape index (κ3) is 4.85. The Morgan fingerprint density at radius 2 is 2.25 bits per heavy atom. The maximum absolute atomic E-state index is 13.7. The summed E-state index contributed by atoms with van der Waals surface area (Å²) in [4.78, 5) is 11.9. The highest BCUT2D eigenvalue weighted by molar-refractivity contribution is 9.10. The molecule has 1 aromatic rings. The van der Waals surface area contributed by atoms with Gasteiger partial charge in [0.1, 0.15) is 5.82 Å². The number of rotatable bonds is 6. The van der Waals surface area contributed by atoms with Crippen molar-refractivity contribution < 1.29 is 19.0 Å². The number of aliphatic hydroxyl groups is 1. The van der Waals surface area contributed by atoms with Crippen molar-refractivity contribution in [3.05, 3.63) is 34.1 Å². The smallest absolute Gasteiger partial charge is 0.254 e. The van der Waals surface area contributed by atoms with E-state index < -0.39 is 11.5 Å². The van der Waals surface area contributed by atoms with Crippen molar-refractivity contribution in [1.82, 2.24) is 5.32 Å². The van der Waals surface area contributed by atoms with Gasteiger partial charge < -0.3 is 15.2 Å². The summed E-state index contributed by atoms with van der Waals surface area (Å²) in [6.45, 7) is 3.03. The lowest BCUT2D eigenvalue weighted by molar-refractivity contribution is -0.143. The highest BCUT2D eigenvalue weighted by Crippen LogP contribution is 2.16. The first-order chi connectivity index (χ1) is 9.26. The van der Waals surface area contributed by atoms with Crippen LogP contribution in [0.25, 0.3) is 0 Å². The van der Waals surface area contributed by atoms with Gasteiger partial charge >= 0.3 is 0 Å². The zero-order chi connectivity index (χ0) is 15.3. The Morgan fingerprint density at radius 3 is 2.80 bits per heavy atom. The van der Waals surface area contributed by atoms with Crippen molar-refractivity contribution in [2.24, 2.45) is 0 Å². The van der Waals surface area contributed by atoms with Crippen LogP contribution >= 0.6 is 15.9 Å². The Labute approximate surface area is 126 Å². The van der Waals surface area contributed by atoms with Crippen molar-refractivity contribution in [3.63, 3.8) is 0 Å². The molecule has 2 N–H and O–H groups in total. The van der Waals surface area contributed by atoms with Crippen LogP contribution in [0.1, 0.15) is 19.4 Å². The number of carbonyl (C=O) groups is 1. The van der Waals surface area contributed by atoms with E-state index >= 15 is 0 Å². The van der Waals surface area contributed by atoms with Crippen molar-refractivity contribution in [1.29, 1.82) is 0 Å². The standard InChI is InChI=1S/C14H19BrFNO3/c1-9(17-13(18)14(2,19)8-20-3)6-10-4-5-11(15)7-12(10)16/h4-5,7,9,19H,6,8H2,1-3H3,(H,17,18)/t9-,14-/m0/s1. The average Bonchev–Trinajstić information content (AvgIpc) is 2.32. The number of nitrogens with one attached hydrogen (secondary N) is 1. The summed E-state index contributed by atoms with van der Waals surface area (Å²) >= 11 is 3.19. The number of halogens is 2. The first-order valence-electron chi connectivity index (χ1n) is 6.22. The third-order valence-electron chi connectivity index (χ3n) is 2.83. The van der Waals surface area contributed by atoms with Gasteiger partial charge in [0.15, 0.2) is 5.60 Å². The summed E-state index contributed by atoms with van der Waals surface area (Å²) in [5.74, 6) is -0.867. The van der Waals surface area contributed by atoms with Crippen LogP contribution in [0.4, 0.5) is 4.39 Å². The zero-order valence-electron chi connectivity index (χ0n) is 11.7. The molecule has 0 saturated carbocycles. The number of amides is 1. The molecular formula is C14H19BrFNO3. The van der Waals surface area contributed by atoms with Crippen molar-refractivity contribution in [2.45, 2.75) is 31.9 Å².